The molecule has 66 valence electrons. The van der Waals surface area contributed by atoms with E-state index in [-0.39, 0.29) is 6.92 Å². The van der Waals surface area contributed by atoms with Gasteiger partial charge in [0.2, 0.25) is 0 Å². The van der Waals surface area contributed by atoms with Crippen LogP contribution in [0.4, 0.5) is 0 Å². The Hall–Kier alpha value is 0.304. The predicted molar refractivity (Wildman–Crippen MR) is 57.8 cm³/mol. The van der Waals surface area contributed by atoms with Gasteiger partial charge in [0, 0.05) is 0 Å². The van der Waals surface area contributed by atoms with Crippen molar-refractivity contribution in [2.24, 2.45) is 0 Å². The van der Waals surface area contributed by atoms with Crippen LogP contribution in [0.15, 0.2) is 19.1 Å². The second-order valence-corrected chi connectivity index (χ2v) is 17.8. The first-order chi connectivity index (χ1) is 5.48. The fraction of sp³-hybridized carbons (Fsp3) is 0.556. The summed E-state index contributed by atoms with van der Waals surface area (Å²) in [5.74, 6) is 4.56. The van der Waals surface area contributed by atoms with Crippen LogP contribution in [0, 0.1) is 0 Å². The zero-order valence-electron chi connectivity index (χ0n) is 8.64. The Morgan fingerprint density at radius 2 is 1.58 bits per heavy atom. The Labute approximate surface area is 79.9 Å². The normalized spacial score (nSPS) is 21.9. The molecule has 0 aromatic rings. The Morgan fingerprint density at radius 1 is 1.17 bits per heavy atom. The Bertz CT molecular complexity index is 221. The maximum atomic E-state index is 5.31. The van der Waals surface area contributed by atoms with Crippen molar-refractivity contribution < 1.29 is 4.65 Å². The molecule has 1 aliphatic heterocycles. The summed E-state index contributed by atoms with van der Waals surface area (Å²) in [5, 5.41) is 0. The molecule has 0 unspecified atom stereocenters. The van der Waals surface area contributed by atoms with E-state index >= 15 is 0 Å². The third kappa shape index (κ3) is 1.79. The summed E-state index contributed by atoms with van der Waals surface area (Å²) in [7, 11) is 1.77. The van der Waals surface area contributed by atoms with Crippen LogP contribution in [-0.2, 0) is 4.65 Å². The molecule has 0 bridgehead atoms. The molecule has 0 saturated heterocycles. The van der Waals surface area contributed by atoms with Crippen LogP contribution in [-0.4, -0.2) is 32.4 Å². The molecule has 0 spiro atoms. The molecule has 0 radical (unpaired) electrons. The van der Waals surface area contributed by atoms with E-state index in [0.717, 1.165) is 0 Å². The SMILES string of the molecule is COB1C=[C](C)[Sn]([CH3])([CH3])[C](C)=C1. The molecule has 0 amide bonds. The van der Waals surface area contributed by atoms with Gasteiger partial charge in [-0.3, -0.25) is 0 Å². The molecule has 0 fully saturated rings. The van der Waals surface area contributed by atoms with Crippen LogP contribution in [0.1, 0.15) is 13.8 Å². The van der Waals surface area contributed by atoms with Crippen molar-refractivity contribution in [2.75, 3.05) is 7.11 Å². The quantitative estimate of drug-likeness (QED) is 0.665. The average molecular weight is 271 g/mol. The molecule has 0 saturated carbocycles. The molecule has 0 aromatic heterocycles. The van der Waals surface area contributed by atoms with Gasteiger partial charge in [-0.2, -0.15) is 0 Å². The third-order valence-corrected chi connectivity index (χ3v) is 15.3. The van der Waals surface area contributed by atoms with Gasteiger partial charge in [-0.15, -0.1) is 0 Å². The average Bonchev–Trinajstić information content (AvgIpc) is 2.00. The first-order valence-electron chi connectivity index (χ1n) is 4.39. The van der Waals surface area contributed by atoms with Gasteiger partial charge in [-0.25, -0.2) is 0 Å². The van der Waals surface area contributed by atoms with E-state index in [1.807, 2.05) is 0 Å². The van der Waals surface area contributed by atoms with Crippen LogP contribution >= 0.6 is 0 Å². The standard InChI is InChI=1S/C7H11BO.2CH3.Sn/c1-4-6-8(9-3)7-5-2;;;/h6-7H,1-3H3;2*1H3;. The first kappa shape index (κ1) is 10.4. The summed E-state index contributed by atoms with van der Waals surface area (Å²) in [6.07, 6.45) is 0. The molecule has 1 heterocycles. The van der Waals surface area contributed by atoms with Crippen LogP contribution in [0.25, 0.3) is 0 Å². The van der Waals surface area contributed by atoms with Gasteiger partial charge in [-0.1, -0.05) is 0 Å². The predicted octanol–water partition coefficient (Wildman–Crippen LogP) is 2.40. The molecular weight excluding hydrogens is 254 g/mol. The van der Waals surface area contributed by atoms with E-state index in [2.05, 4.69) is 35.7 Å². The minimum absolute atomic E-state index is 0.231. The third-order valence-electron chi connectivity index (χ3n) is 3.07. The Balaban J connectivity index is 2.96. The van der Waals surface area contributed by atoms with Crippen molar-refractivity contribution in [1.82, 2.24) is 0 Å². The van der Waals surface area contributed by atoms with Crippen molar-refractivity contribution in [3.63, 3.8) is 0 Å². The van der Waals surface area contributed by atoms with Gasteiger partial charge in [-0.05, 0) is 0 Å². The van der Waals surface area contributed by atoms with Crippen molar-refractivity contribution in [1.29, 1.82) is 0 Å². The van der Waals surface area contributed by atoms with Crippen LogP contribution < -0.4 is 0 Å². The van der Waals surface area contributed by atoms with Gasteiger partial charge < -0.3 is 0 Å². The van der Waals surface area contributed by atoms with E-state index in [1.54, 1.807) is 14.3 Å². The second kappa shape index (κ2) is 3.58. The van der Waals surface area contributed by atoms with Gasteiger partial charge in [0.05, 0.1) is 0 Å². The molecule has 1 rings (SSSR count). The molecule has 0 atom stereocenters. The van der Waals surface area contributed by atoms with Crippen molar-refractivity contribution in [3.05, 3.63) is 19.1 Å². The topological polar surface area (TPSA) is 9.23 Å². The van der Waals surface area contributed by atoms with Gasteiger partial charge in [0.1, 0.15) is 0 Å². The molecule has 0 N–H and O–H groups in total. The van der Waals surface area contributed by atoms with E-state index < -0.39 is 18.4 Å². The zero-order chi connectivity index (χ0) is 9.35. The molecule has 12 heavy (non-hydrogen) atoms. The maximum absolute atomic E-state index is 5.31. The fourth-order valence-electron chi connectivity index (χ4n) is 1.40. The number of hydrogen-bond acceptors (Lipinski definition) is 1. The minimum atomic E-state index is -1.95. The summed E-state index contributed by atoms with van der Waals surface area (Å²) in [5.41, 5.74) is 0. The zero-order valence-corrected chi connectivity index (χ0v) is 11.5. The summed E-state index contributed by atoms with van der Waals surface area (Å²) >= 11 is -1.95. The van der Waals surface area contributed by atoms with Crippen molar-refractivity contribution >= 4 is 25.3 Å². The molecule has 0 aromatic carbocycles. The summed E-state index contributed by atoms with van der Waals surface area (Å²) in [4.78, 5) is 4.91. The number of allylic oxidation sites excluding steroid dienone is 2. The molecule has 1 nitrogen and oxygen atoms in total. The first-order valence-corrected chi connectivity index (χ1v) is 13.0. The monoisotopic (exact) mass is 272 g/mol. The molecule has 1 aliphatic rings. The van der Waals surface area contributed by atoms with Gasteiger partial charge in [0.15, 0.2) is 0 Å². The van der Waals surface area contributed by atoms with Crippen LogP contribution in [0.2, 0.25) is 9.88 Å². The molecule has 0 aliphatic carbocycles. The summed E-state index contributed by atoms with van der Waals surface area (Å²) in [6, 6.07) is 0. The van der Waals surface area contributed by atoms with Gasteiger partial charge in [0.25, 0.3) is 0 Å². The van der Waals surface area contributed by atoms with E-state index in [0.29, 0.717) is 0 Å². The Kier molecular flexibility index (Phi) is 3.10. The van der Waals surface area contributed by atoms with Gasteiger partial charge >= 0.3 is 79.9 Å². The van der Waals surface area contributed by atoms with E-state index in [9.17, 15) is 0 Å². The summed E-state index contributed by atoms with van der Waals surface area (Å²) < 4.78 is 8.52. The number of hydrogen-bond donors (Lipinski definition) is 0. The Morgan fingerprint density at radius 3 is 1.92 bits per heavy atom. The van der Waals surface area contributed by atoms with Crippen LogP contribution in [0.5, 0.6) is 0 Å². The fourth-order valence-corrected chi connectivity index (χ4v) is 6.50. The van der Waals surface area contributed by atoms with E-state index in [4.69, 9.17) is 4.65 Å². The van der Waals surface area contributed by atoms with Crippen LogP contribution in [0.3, 0.4) is 0 Å². The molecule has 3 heteroatoms. The number of rotatable bonds is 1. The summed E-state index contributed by atoms with van der Waals surface area (Å²) in [6.45, 7) is 4.76. The van der Waals surface area contributed by atoms with E-state index in [1.165, 1.54) is 0 Å². The van der Waals surface area contributed by atoms with Crippen molar-refractivity contribution in [2.45, 2.75) is 23.7 Å². The van der Waals surface area contributed by atoms with Crippen molar-refractivity contribution in [3.8, 4) is 0 Å². The molecular formula is C9H17BOSn. The second-order valence-electron chi connectivity index (χ2n) is 4.02.